The molecule has 2 amide bonds. The first-order chi connectivity index (χ1) is 18.9. The van der Waals surface area contributed by atoms with Crippen molar-refractivity contribution in [2.75, 3.05) is 45.5 Å². The normalized spacial score (nSPS) is 20.3. The number of carboxylic acids is 1. The monoisotopic (exact) mass is 630 g/mol. The molecule has 20 heteroatoms. The molecule has 216 valence electrons. The number of carbonyl (C=O) groups excluding carboxylic acids is 2. The number of nitrogen functional groups attached to an aromatic ring is 1. The Morgan fingerprint density at radius 1 is 1.45 bits per heavy atom. The Balaban J connectivity index is 1.58. The Bertz CT molecular complexity index is 1390. The highest BCUT2D eigenvalue weighted by Gasteiger charge is 2.55. The van der Waals surface area contributed by atoms with Crippen molar-refractivity contribution in [1.29, 1.82) is 0 Å². The van der Waals surface area contributed by atoms with Crippen LogP contribution in [0.15, 0.2) is 27.0 Å². The molecule has 1 unspecified atom stereocenters. The minimum absolute atomic E-state index is 0.0870. The first kappa shape index (κ1) is 30.0. The van der Waals surface area contributed by atoms with Crippen molar-refractivity contribution in [2.24, 2.45) is 5.16 Å². The van der Waals surface area contributed by atoms with E-state index in [1.807, 2.05) is 19.0 Å². The number of carboxylic acid groups (broad SMARTS) is 1. The molecule has 2 aromatic rings. The summed E-state index contributed by atoms with van der Waals surface area (Å²) in [4.78, 5) is 46.1. The number of hydrogen-bond donors (Lipinski definition) is 4. The Morgan fingerprint density at radius 2 is 2.20 bits per heavy atom. The van der Waals surface area contributed by atoms with Gasteiger partial charge in [0.2, 0.25) is 5.16 Å². The first-order valence-electron chi connectivity index (χ1n) is 11.7. The SMILES string of the molecule is CN(C)CCC(Sc1nn[nH]n1)C1=C(C(=O)O)N2C(=O)[C@@H](NC(=O)C(=NOP(C)(C)=O)c3csc(N)n3)[C@@H]2SC1. The van der Waals surface area contributed by atoms with Gasteiger partial charge in [-0.2, -0.15) is 5.21 Å². The highest BCUT2D eigenvalue weighted by atomic mass is 32.2. The molecule has 2 aliphatic heterocycles. The molecule has 0 radical (unpaired) electrons. The smallest absolute Gasteiger partial charge is 0.352 e. The van der Waals surface area contributed by atoms with Gasteiger partial charge in [0, 0.05) is 29.7 Å². The minimum atomic E-state index is -3.10. The van der Waals surface area contributed by atoms with E-state index in [1.165, 1.54) is 47.1 Å². The molecule has 3 atom stereocenters. The number of nitrogens with two attached hydrogens (primary N) is 1. The van der Waals surface area contributed by atoms with E-state index in [9.17, 15) is 24.1 Å². The zero-order valence-corrected chi connectivity index (χ0v) is 25.1. The van der Waals surface area contributed by atoms with Crippen LogP contribution in [0.4, 0.5) is 5.13 Å². The zero-order valence-electron chi connectivity index (χ0n) is 21.8. The van der Waals surface area contributed by atoms with E-state index in [2.05, 4.69) is 36.1 Å². The quantitative estimate of drug-likeness (QED) is 0.0817. The number of tetrazole rings is 1. The summed E-state index contributed by atoms with van der Waals surface area (Å²) in [6.45, 7) is 3.31. The molecule has 0 aliphatic carbocycles. The van der Waals surface area contributed by atoms with E-state index >= 15 is 0 Å². The summed E-state index contributed by atoms with van der Waals surface area (Å²) >= 11 is 3.66. The Morgan fingerprint density at radius 3 is 2.77 bits per heavy atom. The van der Waals surface area contributed by atoms with Gasteiger partial charge in [0.25, 0.3) is 19.2 Å². The van der Waals surface area contributed by atoms with Crippen molar-refractivity contribution in [3.05, 3.63) is 22.3 Å². The molecular formula is C20H27N10O6PS3. The summed E-state index contributed by atoms with van der Waals surface area (Å²) in [5.41, 5.74) is 5.90. The predicted molar refractivity (Wildman–Crippen MR) is 150 cm³/mol. The summed E-state index contributed by atoms with van der Waals surface area (Å²) in [6.07, 6.45) is 0.570. The standard InChI is InChI=1S/C20H27N10O6PS3/c1-29(2)6-5-11(40-20-24-27-28-25-20)9-7-38-17-13(16(32)30(17)14(9)18(33)34)23-15(31)12(26-36-37(3,4)35)10-8-39-19(21)22-10/h8,11,13,17H,5-7H2,1-4H3,(H2,21,22)(H,23,31)(H,33,34)(H,24,25,27,28)/t11?,13-,17+/m1/s1. The molecule has 0 spiro atoms. The number of thioether (sulfide) groups is 2. The maximum atomic E-state index is 13.3. The van der Waals surface area contributed by atoms with Crippen LogP contribution >= 0.6 is 42.2 Å². The number of amides is 2. The number of nitrogens with zero attached hydrogens (tertiary/aromatic N) is 7. The van der Waals surface area contributed by atoms with Crippen LogP contribution in [0.2, 0.25) is 0 Å². The van der Waals surface area contributed by atoms with E-state index in [1.54, 1.807) is 0 Å². The number of oxime groups is 1. The van der Waals surface area contributed by atoms with Crippen LogP contribution in [-0.4, -0.2) is 120 Å². The van der Waals surface area contributed by atoms with Crippen LogP contribution in [0, 0.1) is 0 Å². The number of rotatable bonds is 12. The maximum absolute atomic E-state index is 13.3. The number of thiazole rings is 1. The van der Waals surface area contributed by atoms with E-state index < -0.39 is 36.6 Å². The summed E-state index contributed by atoms with van der Waals surface area (Å²) in [5, 5.41) is 31.4. The lowest BCUT2D eigenvalue weighted by molar-refractivity contribution is -0.150. The van der Waals surface area contributed by atoms with Gasteiger partial charge in [0.05, 0.1) is 0 Å². The largest absolute Gasteiger partial charge is 0.477 e. The van der Waals surface area contributed by atoms with Gasteiger partial charge in [0.1, 0.15) is 22.8 Å². The molecule has 16 nitrogen and oxygen atoms in total. The number of aromatic nitrogens is 5. The van der Waals surface area contributed by atoms with Crippen LogP contribution in [-0.2, 0) is 23.6 Å². The number of aliphatic carboxylic acids is 1. The van der Waals surface area contributed by atoms with E-state index in [-0.39, 0.29) is 27.5 Å². The molecule has 0 bridgehead atoms. The topological polar surface area (TPSA) is 222 Å². The van der Waals surface area contributed by atoms with Crippen LogP contribution in [0.3, 0.4) is 0 Å². The van der Waals surface area contributed by atoms with Crippen LogP contribution in [0.1, 0.15) is 12.1 Å². The number of nitrogens with one attached hydrogen (secondary N) is 2. The first-order valence-corrected chi connectivity index (χ1v) is 17.0. The average Bonchev–Trinajstić information content (AvgIpc) is 3.55. The minimum Gasteiger partial charge on any atom is -0.477 e. The summed E-state index contributed by atoms with van der Waals surface area (Å²) in [6, 6.07) is -1.03. The molecule has 0 aromatic carbocycles. The highest BCUT2D eigenvalue weighted by molar-refractivity contribution is 8.01. The molecule has 5 N–H and O–H groups in total. The third-order valence-electron chi connectivity index (χ3n) is 5.60. The van der Waals surface area contributed by atoms with Crippen molar-refractivity contribution < 1.29 is 28.7 Å². The van der Waals surface area contributed by atoms with Crippen molar-refractivity contribution in [3.8, 4) is 0 Å². The number of fused-ring (bicyclic) bond motifs is 1. The van der Waals surface area contributed by atoms with Crippen molar-refractivity contribution >= 4 is 70.9 Å². The van der Waals surface area contributed by atoms with Crippen LogP contribution < -0.4 is 11.1 Å². The molecule has 2 aromatic heterocycles. The molecule has 4 heterocycles. The van der Waals surface area contributed by atoms with Gasteiger partial charge < -0.3 is 25.7 Å². The molecule has 1 fully saturated rings. The lowest BCUT2D eigenvalue weighted by atomic mass is 10.00. The average molecular weight is 631 g/mol. The van der Waals surface area contributed by atoms with Gasteiger partial charge in [0.15, 0.2) is 10.8 Å². The fourth-order valence-corrected chi connectivity index (χ4v) is 7.20. The lowest BCUT2D eigenvalue weighted by Crippen LogP contribution is -2.71. The second kappa shape index (κ2) is 12.3. The number of hydrogen-bond acceptors (Lipinski definition) is 15. The van der Waals surface area contributed by atoms with Gasteiger partial charge in [-0.1, -0.05) is 16.9 Å². The Kier molecular flexibility index (Phi) is 9.19. The second-order valence-corrected chi connectivity index (χ2v) is 15.1. The van der Waals surface area contributed by atoms with E-state index in [4.69, 9.17) is 10.4 Å². The molecular weight excluding hydrogens is 603 g/mol. The number of aromatic amines is 1. The fraction of sp³-hybridized carbons (Fsp3) is 0.500. The van der Waals surface area contributed by atoms with Gasteiger partial charge in [-0.3, -0.25) is 19.1 Å². The molecule has 2 aliphatic rings. The molecule has 40 heavy (non-hydrogen) atoms. The third kappa shape index (κ3) is 6.83. The van der Waals surface area contributed by atoms with Crippen molar-refractivity contribution in [1.82, 2.24) is 40.7 Å². The highest BCUT2D eigenvalue weighted by Crippen LogP contribution is 2.44. The number of H-pyrrole nitrogens is 1. The summed E-state index contributed by atoms with van der Waals surface area (Å²) < 4.78 is 17.0. The van der Waals surface area contributed by atoms with Gasteiger partial charge in [-0.05, 0) is 37.8 Å². The van der Waals surface area contributed by atoms with Crippen LogP contribution in [0.5, 0.6) is 0 Å². The number of carbonyl (C=O) groups is 3. The lowest BCUT2D eigenvalue weighted by Gasteiger charge is -2.50. The Hall–Kier alpha value is -2.99. The van der Waals surface area contributed by atoms with E-state index in [0.29, 0.717) is 29.4 Å². The molecule has 4 rings (SSSR count). The molecule has 0 saturated carbocycles. The van der Waals surface area contributed by atoms with Gasteiger partial charge >= 0.3 is 5.97 Å². The second-order valence-electron chi connectivity index (χ2n) is 9.28. The van der Waals surface area contributed by atoms with Crippen molar-refractivity contribution in [3.63, 3.8) is 0 Å². The third-order valence-corrected chi connectivity index (χ3v) is 9.24. The number of β-lactam (4-membered cyclic amide) rings is 1. The van der Waals surface area contributed by atoms with Gasteiger partial charge in [-0.25, -0.2) is 9.78 Å². The summed E-state index contributed by atoms with van der Waals surface area (Å²) in [7, 11) is 0.713. The predicted octanol–water partition coefficient (Wildman–Crippen LogP) is 0.348. The fourth-order valence-electron chi connectivity index (χ4n) is 3.85. The maximum Gasteiger partial charge on any atom is 0.352 e. The summed E-state index contributed by atoms with van der Waals surface area (Å²) in [5.74, 6) is -2.35. The number of anilines is 1. The molecule has 1 saturated heterocycles. The Labute approximate surface area is 241 Å². The van der Waals surface area contributed by atoms with E-state index in [0.717, 1.165) is 11.3 Å². The van der Waals surface area contributed by atoms with Crippen LogP contribution in [0.25, 0.3) is 0 Å². The van der Waals surface area contributed by atoms with Gasteiger partial charge in [-0.15, -0.1) is 33.3 Å². The zero-order chi connectivity index (χ0) is 29.2. The van der Waals surface area contributed by atoms with Crippen molar-refractivity contribution in [2.45, 2.75) is 28.2 Å².